The van der Waals surface area contributed by atoms with E-state index in [0.717, 1.165) is 11.3 Å². The lowest BCUT2D eigenvalue weighted by molar-refractivity contribution is 0.101. The Balaban J connectivity index is 1.99. The van der Waals surface area contributed by atoms with Gasteiger partial charge in [-0.15, -0.1) is 0 Å². The zero-order valence-corrected chi connectivity index (χ0v) is 14.0. The first-order valence-electron chi connectivity index (χ1n) is 6.85. The molecular weight excluding hydrogens is 337 g/mol. The molecule has 0 radical (unpaired) electrons. The number of benzene rings is 1. The van der Waals surface area contributed by atoms with Crippen molar-refractivity contribution in [1.29, 1.82) is 0 Å². The summed E-state index contributed by atoms with van der Waals surface area (Å²) in [6.45, 7) is 1.95. The molecule has 2 heterocycles. The number of hydrogen-bond donors (Lipinski definition) is 0. The summed E-state index contributed by atoms with van der Waals surface area (Å²) in [7, 11) is 1.62. The number of hydrogen-bond acceptors (Lipinski definition) is 4. The van der Waals surface area contributed by atoms with E-state index in [4.69, 9.17) is 27.9 Å². The van der Waals surface area contributed by atoms with Gasteiger partial charge in [0.2, 0.25) is 0 Å². The summed E-state index contributed by atoms with van der Waals surface area (Å²) in [4.78, 5) is 15.8. The number of pyridine rings is 1. The number of fused-ring (bicyclic) bond motifs is 1. The number of halogens is 2. The number of ketones is 1. The lowest BCUT2D eigenvalue weighted by Gasteiger charge is -2.03. The molecule has 0 bridgehead atoms. The highest BCUT2D eigenvalue weighted by Crippen LogP contribution is 2.30. The van der Waals surface area contributed by atoms with E-state index in [2.05, 4.69) is 10.1 Å². The van der Waals surface area contributed by atoms with Gasteiger partial charge in [0.05, 0.1) is 29.6 Å². The molecule has 0 unspecified atom stereocenters. The van der Waals surface area contributed by atoms with Crippen molar-refractivity contribution in [2.45, 2.75) is 13.5 Å². The van der Waals surface area contributed by atoms with Crippen LogP contribution in [0.4, 0.5) is 0 Å². The largest absolute Gasteiger partial charge is 0.497 e. The summed E-state index contributed by atoms with van der Waals surface area (Å²) in [5, 5.41) is 5.33. The third-order valence-electron chi connectivity index (χ3n) is 3.46. The molecule has 0 aliphatic heterocycles. The molecule has 0 saturated carbocycles. The fraction of sp³-hybridized carbons (Fsp3) is 0.188. The molecule has 0 fully saturated rings. The Labute approximate surface area is 142 Å². The van der Waals surface area contributed by atoms with E-state index in [1.165, 1.54) is 6.92 Å². The molecule has 1 aromatic carbocycles. The van der Waals surface area contributed by atoms with Crippen LogP contribution >= 0.6 is 23.2 Å². The molecule has 0 aliphatic carbocycles. The second-order valence-electron chi connectivity index (χ2n) is 5.06. The Bertz CT molecular complexity index is 888. The molecule has 5 nitrogen and oxygen atoms in total. The molecule has 0 saturated heterocycles. The summed E-state index contributed by atoms with van der Waals surface area (Å²) in [5.74, 6) is 0.569. The maximum Gasteiger partial charge on any atom is 0.184 e. The number of nitrogens with zero attached hydrogens (tertiary/aromatic N) is 3. The van der Waals surface area contributed by atoms with Crippen LogP contribution in [0.25, 0.3) is 11.0 Å². The van der Waals surface area contributed by atoms with Crippen molar-refractivity contribution >= 4 is 40.0 Å². The van der Waals surface area contributed by atoms with Gasteiger partial charge in [-0.2, -0.15) is 5.10 Å². The number of ether oxygens (including phenoxy) is 1. The van der Waals surface area contributed by atoms with E-state index >= 15 is 0 Å². The van der Waals surface area contributed by atoms with Crippen LogP contribution in [0.3, 0.4) is 0 Å². The minimum Gasteiger partial charge on any atom is -0.497 e. The van der Waals surface area contributed by atoms with E-state index < -0.39 is 0 Å². The zero-order valence-electron chi connectivity index (χ0n) is 12.5. The Morgan fingerprint density at radius 3 is 2.57 bits per heavy atom. The molecule has 0 amide bonds. The smallest absolute Gasteiger partial charge is 0.184 e. The Morgan fingerprint density at radius 1 is 1.26 bits per heavy atom. The molecule has 7 heteroatoms. The van der Waals surface area contributed by atoms with E-state index in [1.54, 1.807) is 18.0 Å². The molecule has 0 aliphatic rings. The van der Waals surface area contributed by atoms with Crippen molar-refractivity contribution in [2.24, 2.45) is 0 Å². The Morgan fingerprint density at radius 2 is 1.96 bits per heavy atom. The fourth-order valence-corrected chi connectivity index (χ4v) is 3.03. The topological polar surface area (TPSA) is 57.0 Å². The Kier molecular flexibility index (Phi) is 4.24. The molecule has 0 atom stereocenters. The third kappa shape index (κ3) is 3.02. The van der Waals surface area contributed by atoms with Gasteiger partial charge in [0.15, 0.2) is 11.4 Å². The monoisotopic (exact) mass is 349 g/mol. The van der Waals surface area contributed by atoms with Crippen LogP contribution in [0.2, 0.25) is 10.2 Å². The van der Waals surface area contributed by atoms with Crippen LogP contribution in [0.1, 0.15) is 22.8 Å². The molecule has 2 aromatic heterocycles. The van der Waals surface area contributed by atoms with Crippen molar-refractivity contribution in [3.05, 3.63) is 51.8 Å². The molecule has 0 spiro atoms. The van der Waals surface area contributed by atoms with Gasteiger partial charge in [-0.25, -0.2) is 4.98 Å². The number of carbonyl (C=O) groups excluding carboxylic acids is 1. The maximum absolute atomic E-state index is 11.6. The van der Waals surface area contributed by atoms with Crippen LogP contribution in [0.15, 0.2) is 30.5 Å². The summed E-state index contributed by atoms with van der Waals surface area (Å²) >= 11 is 12.3. The molecule has 3 rings (SSSR count). The number of aromatic nitrogens is 3. The van der Waals surface area contributed by atoms with Gasteiger partial charge in [0.1, 0.15) is 10.9 Å². The highest BCUT2D eigenvalue weighted by molar-refractivity contribution is 6.42. The minimum absolute atomic E-state index is 0.0738. The van der Waals surface area contributed by atoms with E-state index in [9.17, 15) is 4.79 Å². The molecule has 23 heavy (non-hydrogen) atoms. The third-order valence-corrected chi connectivity index (χ3v) is 4.13. The number of Topliss-reactive ketones (excluding diaryl/α,β-unsaturated/α-hetero) is 1. The average molecular weight is 350 g/mol. The van der Waals surface area contributed by atoms with Gasteiger partial charge < -0.3 is 4.74 Å². The van der Waals surface area contributed by atoms with Gasteiger partial charge in [0.25, 0.3) is 0 Å². The second-order valence-corrected chi connectivity index (χ2v) is 5.80. The standard InChI is InChI=1S/C16H13Cl2N3O2/c1-9(22)13-14(17)12-8-21(20-16(12)19-15(13)18)7-10-3-5-11(23-2)6-4-10/h3-6,8H,7H2,1-2H3. The van der Waals surface area contributed by atoms with Gasteiger partial charge in [-0.1, -0.05) is 35.3 Å². The molecule has 0 N–H and O–H groups in total. The van der Waals surface area contributed by atoms with E-state index in [1.807, 2.05) is 24.3 Å². The SMILES string of the molecule is COc1ccc(Cn2cc3c(Cl)c(C(C)=O)c(Cl)nc3n2)cc1. The summed E-state index contributed by atoms with van der Waals surface area (Å²) in [6.07, 6.45) is 1.76. The number of rotatable bonds is 4. The normalized spacial score (nSPS) is 11.0. The van der Waals surface area contributed by atoms with Crippen LogP contribution in [0.5, 0.6) is 5.75 Å². The van der Waals surface area contributed by atoms with E-state index in [0.29, 0.717) is 17.6 Å². The first-order chi connectivity index (χ1) is 11.0. The van der Waals surface area contributed by atoms with Crippen molar-refractivity contribution in [3.63, 3.8) is 0 Å². The van der Waals surface area contributed by atoms with Gasteiger partial charge in [-0.3, -0.25) is 9.48 Å². The van der Waals surface area contributed by atoms with Crippen molar-refractivity contribution in [2.75, 3.05) is 7.11 Å². The Hall–Kier alpha value is -2.11. The molecule has 118 valence electrons. The van der Waals surface area contributed by atoms with Crippen LogP contribution < -0.4 is 4.74 Å². The lowest BCUT2D eigenvalue weighted by atomic mass is 10.2. The summed E-state index contributed by atoms with van der Waals surface area (Å²) in [6, 6.07) is 7.67. The fourth-order valence-electron chi connectivity index (χ4n) is 2.32. The molecular formula is C16H13Cl2N3O2. The molecule has 3 aromatic rings. The maximum atomic E-state index is 11.6. The van der Waals surface area contributed by atoms with Crippen LogP contribution in [-0.4, -0.2) is 27.7 Å². The number of methoxy groups -OCH3 is 1. The second kappa shape index (κ2) is 6.18. The quantitative estimate of drug-likeness (QED) is 0.527. The van der Waals surface area contributed by atoms with Crippen LogP contribution in [-0.2, 0) is 6.54 Å². The van der Waals surface area contributed by atoms with E-state index in [-0.39, 0.29) is 21.5 Å². The predicted molar refractivity (Wildman–Crippen MR) is 89.6 cm³/mol. The lowest BCUT2D eigenvalue weighted by Crippen LogP contribution is -2.00. The average Bonchev–Trinajstić information content (AvgIpc) is 2.90. The summed E-state index contributed by atoms with van der Waals surface area (Å²) < 4.78 is 6.85. The highest BCUT2D eigenvalue weighted by atomic mass is 35.5. The van der Waals surface area contributed by atoms with Crippen molar-refractivity contribution < 1.29 is 9.53 Å². The minimum atomic E-state index is -0.225. The van der Waals surface area contributed by atoms with Crippen LogP contribution in [0, 0.1) is 0 Å². The van der Waals surface area contributed by atoms with Gasteiger partial charge >= 0.3 is 0 Å². The predicted octanol–water partition coefficient (Wildman–Crippen LogP) is 4.00. The highest BCUT2D eigenvalue weighted by Gasteiger charge is 2.18. The number of carbonyl (C=O) groups is 1. The van der Waals surface area contributed by atoms with Gasteiger partial charge in [-0.05, 0) is 24.6 Å². The summed E-state index contributed by atoms with van der Waals surface area (Å²) in [5.41, 5.74) is 1.69. The van der Waals surface area contributed by atoms with Crippen molar-refractivity contribution in [3.8, 4) is 5.75 Å². The zero-order chi connectivity index (χ0) is 16.6. The first kappa shape index (κ1) is 15.8. The first-order valence-corrected chi connectivity index (χ1v) is 7.61. The van der Waals surface area contributed by atoms with Gasteiger partial charge in [0, 0.05) is 6.20 Å². The van der Waals surface area contributed by atoms with Crippen molar-refractivity contribution in [1.82, 2.24) is 14.8 Å².